The van der Waals surface area contributed by atoms with Crippen molar-refractivity contribution in [2.24, 2.45) is 9.98 Å². The van der Waals surface area contributed by atoms with Crippen LogP contribution in [0.5, 0.6) is 0 Å². The zero-order valence-electron chi connectivity index (χ0n) is 53.0. The van der Waals surface area contributed by atoms with Crippen LogP contribution < -0.4 is 0 Å². The number of hydrogen-bond donors (Lipinski definition) is 0. The van der Waals surface area contributed by atoms with Crippen LogP contribution in [0.1, 0.15) is 392 Å². The number of aryl methyl sites for hydroxylation is 3. The average Bonchev–Trinajstić information content (AvgIpc) is 3.44. The van der Waals surface area contributed by atoms with Crippen LogP contribution in [0, 0.1) is 0 Å². The van der Waals surface area contributed by atoms with Crippen molar-refractivity contribution in [1.82, 2.24) is 0 Å². The molecule has 2 nitrogen and oxygen atoms in total. The summed E-state index contributed by atoms with van der Waals surface area (Å²) < 4.78 is 0. The molecule has 0 aliphatic rings. The Kier molecular flexibility index (Phi) is 51.3. The second-order valence-corrected chi connectivity index (χ2v) is 24.8. The molecule has 0 atom stereocenters. The van der Waals surface area contributed by atoms with Gasteiger partial charge >= 0.3 is 0 Å². The lowest BCUT2D eigenvalue weighted by Gasteiger charge is -2.14. The van der Waals surface area contributed by atoms with E-state index in [1.807, 2.05) is 0 Å². The van der Waals surface area contributed by atoms with E-state index in [2.05, 4.69) is 77.1 Å². The lowest BCUT2D eigenvalue weighted by Crippen LogP contribution is -2.14. The molecule has 0 amide bonds. The van der Waals surface area contributed by atoms with Crippen LogP contribution in [-0.4, -0.2) is 11.4 Å². The van der Waals surface area contributed by atoms with E-state index in [9.17, 15) is 0 Å². The monoisotopic (exact) mass is 1060 g/mol. The fourth-order valence-corrected chi connectivity index (χ4v) is 11.9. The molecule has 0 N–H and O–H groups in total. The fraction of sp³-hybridized carbons (Fsp3) is 0.813. The summed E-state index contributed by atoms with van der Waals surface area (Å²) in [6, 6.07) is 16.8. The normalized spacial score (nSPS) is 12.2. The van der Waals surface area contributed by atoms with Crippen molar-refractivity contribution in [3.05, 3.63) is 59.2 Å². The zero-order valence-corrected chi connectivity index (χ0v) is 53.0. The molecule has 2 aromatic carbocycles. The van der Waals surface area contributed by atoms with Crippen molar-refractivity contribution in [3.8, 4) is 0 Å². The SMILES string of the molecule is CCCCCCCCCCCCCCCCCCCCCCCCCc1ccc(N=C(CCCCCCCC)C(CCCCCCCCCCCCCCCCCC)=Nc2cc(CCCCC)cc(CCCCC)c2)cc1. The van der Waals surface area contributed by atoms with Gasteiger partial charge in [0.15, 0.2) is 0 Å². The third-order valence-electron chi connectivity index (χ3n) is 17.1. The fourth-order valence-electron chi connectivity index (χ4n) is 11.9. The third kappa shape index (κ3) is 44.2. The first-order valence-electron chi connectivity index (χ1n) is 35.5. The summed E-state index contributed by atoms with van der Waals surface area (Å²) in [5.41, 5.74) is 9.27. The summed E-state index contributed by atoms with van der Waals surface area (Å²) in [6.07, 6.45) is 76.7. The molecule has 0 heterocycles. The van der Waals surface area contributed by atoms with Crippen molar-refractivity contribution in [1.29, 1.82) is 0 Å². The first kappa shape index (κ1) is 70.9. The molecule has 0 aliphatic carbocycles. The number of rotatable bonds is 59. The molecule has 0 aromatic heterocycles. The summed E-state index contributed by atoms with van der Waals surface area (Å²) in [6.45, 7) is 11.6. The van der Waals surface area contributed by atoms with Gasteiger partial charge in [0.2, 0.25) is 0 Å². The molecule has 0 saturated carbocycles. The van der Waals surface area contributed by atoms with Crippen LogP contribution in [0.2, 0.25) is 0 Å². The maximum absolute atomic E-state index is 5.69. The summed E-state index contributed by atoms with van der Waals surface area (Å²) in [5, 5.41) is 0. The van der Waals surface area contributed by atoms with E-state index >= 15 is 0 Å². The molecule has 0 radical (unpaired) electrons. The number of aliphatic imine (C=N–C) groups is 2. The Morgan fingerprint density at radius 1 is 0.221 bits per heavy atom. The minimum Gasteiger partial charge on any atom is -0.252 e. The first-order chi connectivity index (χ1) is 38.1. The molecule has 0 bridgehead atoms. The van der Waals surface area contributed by atoms with Crippen LogP contribution in [0.4, 0.5) is 11.4 Å². The van der Waals surface area contributed by atoms with Gasteiger partial charge in [0.1, 0.15) is 0 Å². The topological polar surface area (TPSA) is 24.7 Å². The van der Waals surface area contributed by atoms with E-state index in [0.717, 1.165) is 31.4 Å². The van der Waals surface area contributed by atoms with Gasteiger partial charge in [0.05, 0.1) is 22.8 Å². The van der Waals surface area contributed by atoms with Crippen LogP contribution in [0.15, 0.2) is 52.4 Å². The molecular formula is C75H134N2. The minimum absolute atomic E-state index is 1.03. The number of hydrogen-bond acceptors (Lipinski definition) is 2. The largest absolute Gasteiger partial charge is 0.252 e. The van der Waals surface area contributed by atoms with Crippen LogP contribution in [0.25, 0.3) is 0 Å². The van der Waals surface area contributed by atoms with E-state index < -0.39 is 0 Å². The first-order valence-corrected chi connectivity index (χ1v) is 35.5. The van der Waals surface area contributed by atoms with Gasteiger partial charge in [-0.2, -0.15) is 0 Å². The predicted molar refractivity (Wildman–Crippen MR) is 351 cm³/mol. The smallest absolute Gasteiger partial charge is 0.0639 e. The Labute approximate surface area is 483 Å². The van der Waals surface area contributed by atoms with Crippen molar-refractivity contribution >= 4 is 22.8 Å². The molecule has 0 aliphatic heterocycles. The zero-order chi connectivity index (χ0) is 55.0. The molecule has 2 heteroatoms. The maximum Gasteiger partial charge on any atom is 0.0639 e. The molecule has 2 rings (SSSR count). The van der Waals surface area contributed by atoms with Crippen molar-refractivity contribution in [2.45, 2.75) is 394 Å². The molecule has 444 valence electrons. The number of unbranched alkanes of at least 4 members (excludes halogenated alkanes) is 46. The van der Waals surface area contributed by atoms with E-state index in [4.69, 9.17) is 9.98 Å². The highest BCUT2D eigenvalue weighted by Crippen LogP contribution is 2.26. The summed E-state index contributed by atoms with van der Waals surface area (Å²) >= 11 is 0. The van der Waals surface area contributed by atoms with Gasteiger partial charge in [-0.1, -0.05) is 348 Å². The highest BCUT2D eigenvalue weighted by Gasteiger charge is 2.13. The molecular weight excluding hydrogens is 929 g/mol. The van der Waals surface area contributed by atoms with Gasteiger partial charge in [-0.15, -0.1) is 0 Å². The van der Waals surface area contributed by atoms with Gasteiger partial charge < -0.3 is 0 Å². The second-order valence-electron chi connectivity index (χ2n) is 24.8. The number of benzene rings is 2. The minimum atomic E-state index is 1.03. The summed E-state index contributed by atoms with van der Waals surface area (Å²) in [4.78, 5) is 11.3. The standard InChI is InChI=1S/C75H134N2/c1-6-11-16-19-22-24-26-28-30-32-33-34-35-36-37-38-39-41-43-45-47-49-54-57-69-62-64-72(65-63-69)76-74(60-55-50-21-18-13-8-3)75(61-56-51-48-46-44-42-40-31-29-27-25-23-20-17-12-7-2)77-73-67-70(58-52-14-9-4)66-71(68-73)59-53-15-10-5/h62-68H,6-61H2,1-5H3. The number of nitrogens with zero attached hydrogens (tertiary/aromatic N) is 2. The lowest BCUT2D eigenvalue weighted by molar-refractivity contribution is 0.518. The molecule has 77 heavy (non-hydrogen) atoms. The van der Waals surface area contributed by atoms with Gasteiger partial charge in [-0.05, 0) is 105 Å². The molecule has 0 unspecified atom stereocenters. The van der Waals surface area contributed by atoms with Crippen molar-refractivity contribution < 1.29 is 0 Å². The van der Waals surface area contributed by atoms with Crippen LogP contribution >= 0.6 is 0 Å². The molecule has 0 saturated heterocycles. The van der Waals surface area contributed by atoms with Crippen LogP contribution in [-0.2, 0) is 19.3 Å². The van der Waals surface area contributed by atoms with Crippen molar-refractivity contribution in [2.75, 3.05) is 0 Å². The Bertz CT molecular complexity index is 1550. The quantitative estimate of drug-likeness (QED) is 0.0466. The summed E-state index contributed by atoms with van der Waals surface area (Å²) in [7, 11) is 0. The maximum atomic E-state index is 5.69. The van der Waals surface area contributed by atoms with Gasteiger partial charge in [0, 0.05) is 0 Å². The predicted octanol–water partition coefficient (Wildman–Crippen LogP) is 26.9. The molecule has 0 fully saturated rings. The molecule has 0 spiro atoms. The van der Waals surface area contributed by atoms with Crippen molar-refractivity contribution in [3.63, 3.8) is 0 Å². The van der Waals surface area contributed by atoms with Gasteiger partial charge in [-0.25, -0.2) is 0 Å². The lowest BCUT2D eigenvalue weighted by atomic mass is 9.98. The van der Waals surface area contributed by atoms with E-state index in [0.29, 0.717) is 0 Å². The van der Waals surface area contributed by atoms with Crippen LogP contribution in [0.3, 0.4) is 0 Å². The Balaban J connectivity index is 1.94. The van der Waals surface area contributed by atoms with E-state index in [1.54, 1.807) is 0 Å². The molecule has 2 aromatic rings. The van der Waals surface area contributed by atoms with E-state index in [1.165, 1.54) is 368 Å². The second kappa shape index (κ2) is 55.7. The Hall–Kier alpha value is -2.22. The third-order valence-corrected chi connectivity index (χ3v) is 17.1. The van der Waals surface area contributed by atoms with Gasteiger partial charge in [-0.3, -0.25) is 9.98 Å². The van der Waals surface area contributed by atoms with E-state index in [-0.39, 0.29) is 0 Å². The van der Waals surface area contributed by atoms with Gasteiger partial charge in [0.25, 0.3) is 0 Å². The average molecular weight is 1060 g/mol. The highest BCUT2D eigenvalue weighted by molar-refractivity contribution is 6.43. The Morgan fingerprint density at radius 3 is 0.740 bits per heavy atom. The highest BCUT2D eigenvalue weighted by atomic mass is 14.8. The summed E-state index contributed by atoms with van der Waals surface area (Å²) in [5.74, 6) is 0. The Morgan fingerprint density at radius 2 is 0.442 bits per heavy atom.